The number of carbonyl (C=O) groups excluding carboxylic acids is 1. The molecule has 4 nitrogen and oxygen atoms in total. The van der Waals surface area contributed by atoms with Crippen molar-refractivity contribution in [2.45, 2.75) is 26.4 Å². The number of amides is 1. The van der Waals surface area contributed by atoms with E-state index < -0.39 is 0 Å². The molecule has 0 saturated heterocycles. The zero-order valence-electron chi connectivity index (χ0n) is 12.9. The van der Waals surface area contributed by atoms with Crippen LogP contribution in [0.3, 0.4) is 0 Å². The first-order chi connectivity index (χ1) is 11.1. The van der Waals surface area contributed by atoms with Crippen LogP contribution in [0.4, 0.5) is 4.39 Å². The molecule has 0 bridgehead atoms. The number of para-hydroxylation sites is 2. The van der Waals surface area contributed by atoms with Crippen LogP contribution in [0.5, 0.6) is 0 Å². The average molecular weight is 311 g/mol. The molecule has 5 heteroatoms. The van der Waals surface area contributed by atoms with E-state index in [1.54, 1.807) is 19.3 Å². The van der Waals surface area contributed by atoms with Crippen LogP contribution >= 0.6 is 0 Å². The summed E-state index contributed by atoms with van der Waals surface area (Å²) in [6.45, 7) is 2.61. The molecule has 0 fully saturated rings. The summed E-state index contributed by atoms with van der Waals surface area (Å²) in [4.78, 5) is 16.3. The standard InChI is InChI=1S/C18H18FN3O/c1-13-6-7-14(10-15(13)19)11-20-18(23)8-9-22-12-21-16-4-2-3-5-17(16)22/h2-7,10,12H,8-9,11H2,1H3,(H,20,23). The van der Waals surface area contributed by atoms with E-state index in [9.17, 15) is 9.18 Å². The van der Waals surface area contributed by atoms with Gasteiger partial charge < -0.3 is 9.88 Å². The van der Waals surface area contributed by atoms with E-state index >= 15 is 0 Å². The van der Waals surface area contributed by atoms with E-state index in [2.05, 4.69) is 10.3 Å². The molecule has 0 saturated carbocycles. The van der Waals surface area contributed by atoms with Crippen LogP contribution in [0.25, 0.3) is 11.0 Å². The number of benzene rings is 2. The highest BCUT2D eigenvalue weighted by Crippen LogP contribution is 2.12. The summed E-state index contributed by atoms with van der Waals surface area (Å²) in [5.74, 6) is -0.314. The van der Waals surface area contributed by atoms with E-state index in [-0.39, 0.29) is 11.7 Å². The number of fused-ring (bicyclic) bond motifs is 1. The van der Waals surface area contributed by atoms with Gasteiger partial charge in [0.1, 0.15) is 5.82 Å². The minimum atomic E-state index is -0.248. The summed E-state index contributed by atoms with van der Waals surface area (Å²) in [6.07, 6.45) is 2.10. The number of aromatic nitrogens is 2. The molecule has 0 spiro atoms. The maximum absolute atomic E-state index is 13.5. The summed E-state index contributed by atoms with van der Waals surface area (Å²) in [7, 11) is 0. The Bertz CT molecular complexity index is 841. The van der Waals surface area contributed by atoms with Crippen LogP contribution < -0.4 is 5.32 Å². The second-order valence-corrected chi connectivity index (χ2v) is 5.54. The molecule has 118 valence electrons. The van der Waals surface area contributed by atoms with Gasteiger partial charge in [-0.2, -0.15) is 0 Å². The monoisotopic (exact) mass is 311 g/mol. The van der Waals surface area contributed by atoms with Gasteiger partial charge >= 0.3 is 0 Å². The molecule has 0 radical (unpaired) electrons. The van der Waals surface area contributed by atoms with E-state index in [0.717, 1.165) is 16.6 Å². The number of carbonyl (C=O) groups is 1. The van der Waals surface area contributed by atoms with Gasteiger partial charge in [0.2, 0.25) is 5.91 Å². The molecule has 3 aromatic rings. The van der Waals surface area contributed by atoms with E-state index in [4.69, 9.17) is 0 Å². The van der Waals surface area contributed by atoms with Crippen LogP contribution in [0.1, 0.15) is 17.5 Å². The molecule has 0 aliphatic rings. The molecular weight excluding hydrogens is 293 g/mol. The highest BCUT2D eigenvalue weighted by molar-refractivity contribution is 5.77. The Kier molecular flexibility index (Phi) is 4.37. The Morgan fingerprint density at radius 2 is 2.09 bits per heavy atom. The lowest BCUT2D eigenvalue weighted by Crippen LogP contribution is -2.23. The molecule has 0 atom stereocenters. The Labute approximate surface area is 134 Å². The molecule has 1 N–H and O–H groups in total. The number of aryl methyl sites for hydroxylation is 2. The van der Waals surface area contributed by atoms with Gasteiger partial charge in [0.15, 0.2) is 0 Å². The molecule has 0 unspecified atom stereocenters. The molecule has 1 aromatic heterocycles. The fraction of sp³-hybridized carbons (Fsp3) is 0.222. The van der Waals surface area contributed by atoms with Gasteiger partial charge in [0, 0.05) is 19.5 Å². The molecule has 0 aliphatic carbocycles. The lowest BCUT2D eigenvalue weighted by atomic mass is 10.1. The average Bonchev–Trinajstić information content (AvgIpc) is 2.97. The smallest absolute Gasteiger partial charge is 0.222 e. The second kappa shape index (κ2) is 6.60. The molecule has 3 rings (SSSR count). The van der Waals surface area contributed by atoms with Crippen molar-refractivity contribution in [1.82, 2.24) is 14.9 Å². The highest BCUT2D eigenvalue weighted by atomic mass is 19.1. The van der Waals surface area contributed by atoms with Crippen LogP contribution in [0.2, 0.25) is 0 Å². The van der Waals surface area contributed by atoms with Crippen molar-refractivity contribution in [1.29, 1.82) is 0 Å². The summed E-state index contributed by atoms with van der Waals surface area (Å²) >= 11 is 0. The fourth-order valence-electron chi connectivity index (χ4n) is 2.45. The van der Waals surface area contributed by atoms with Crippen molar-refractivity contribution in [3.05, 3.63) is 65.7 Å². The number of imidazole rings is 1. The van der Waals surface area contributed by atoms with Crippen LogP contribution in [-0.2, 0) is 17.9 Å². The predicted molar refractivity (Wildman–Crippen MR) is 87.3 cm³/mol. The van der Waals surface area contributed by atoms with E-state index in [1.165, 1.54) is 6.07 Å². The Morgan fingerprint density at radius 3 is 2.91 bits per heavy atom. The maximum atomic E-state index is 13.5. The van der Waals surface area contributed by atoms with Gasteiger partial charge in [-0.15, -0.1) is 0 Å². The van der Waals surface area contributed by atoms with Crippen molar-refractivity contribution < 1.29 is 9.18 Å². The summed E-state index contributed by atoms with van der Waals surface area (Å²) < 4.78 is 15.4. The number of halogens is 1. The van der Waals surface area contributed by atoms with Crippen molar-refractivity contribution in [2.75, 3.05) is 0 Å². The molecular formula is C18H18FN3O. The van der Waals surface area contributed by atoms with Crippen molar-refractivity contribution in [3.63, 3.8) is 0 Å². The summed E-state index contributed by atoms with van der Waals surface area (Å²) in [5, 5.41) is 2.82. The third-order valence-corrected chi connectivity index (χ3v) is 3.83. The number of nitrogens with zero attached hydrogens (tertiary/aromatic N) is 2. The molecule has 1 amide bonds. The normalized spacial score (nSPS) is 10.9. The first-order valence-electron chi connectivity index (χ1n) is 7.55. The fourth-order valence-corrected chi connectivity index (χ4v) is 2.45. The zero-order chi connectivity index (χ0) is 16.2. The van der Waals surface area contributed by atoms with Crippen LogP contribution in [0.15, 0.2) is 48.8 Å². The largest absolute Gasteiger partial charge is 0.352 e. The topological polar surface area (TPSA) is 46.9 Å². The Morgan fingerprint density at radius 1 is 1.26 bits per heavy atom. The predicted octanol–water partition coefficient (Wildman–Crippen LogP) is 3.19. The lowest BCUT2D eigenvalue weighted by Gasteiger charge is -2.07. The minimum Gasteiger partial charge on any atom is -0.352 e. The third-order valence-electron chi connectivity index (χ3n) is 3.83. The second-order valence-electron chi connectivity index (χ2n) is 5.54. The van der Waals surface area contributed by atoms with Gasteiger partial charge in [-0.05, 0) is 36.2 Å². The molecule has 1 heterocycles. The van der Waals surface area contributed by atoms with Gasteiger partial charge in [-0.3, -0.25) is 4.79 Å². The zero-order valence-corrected chi connectivity index (χ0v) is 12.9. The maximum Gasteiger partial charge on any atom is 0.222 e. The van der Waals surface area contributed by atoms with Gasteiger partial charge in [0.05, 0.1) is 17.4 Å². The van der Waals surface area contributed by atoms with Gasteiger partial charge in [0.25, 0.3) is 0 Å². The van der Waals surface area contributed by atoms with Gasteiger partial charge in [-0.25, -0.2) is 9.37 Å². The minimum absolute atomic E-state index is 0.0660. The van der Waals surface area contributed by atoms with Crippen molar-refractivity contribution in [3.8, 4) is 0 Å². The van der Waals surface area contributed by atoms with Crippen molar-refractivity contribution in [2.24, 2.45) is 0 Å². The Balaban J connectivity index is 1.54. The quantitative estimate of drug-likeness (QED) is 0.786. The first-order valence-corrected chi connectivity index (χ1v) is 7.55. The van der Waals surface area contributed by atoms with Gasteiger partial charge in [-0.1, -0.05) is 24.3 Å². The number of rotatable bonds is 5. The number of hydrogen-bond acceptors (Lipinski definition) is 2. The lowest BCUT2D eigenvalue weighted by molar-refractivity contribution is -0.121. The SMILES string of the molecule is Cc1ccc(CNC(=O)CCn2cnc3ccccc32)cc1F. The van der Waals surface area contributed by atoms with Crippen LogP contribution in [-0.4, -0.2) is 15.5 Å². The first kappa shape index (κ1) is 15.2. The van der Waals surface area contributed by atoms with Crippen molar-refractivity contribution >= 4 is 16.9 Å². The number of hydrogen-bond donors (Lipinski definition) is 1. The Hall–Kier alpha value is -2.69. The van der Waals surface area contributed by atoms with Crippen LogP contribution in [0, 0.1) is 12.7 Å². The highest BCUT2D eigenvalue weighted by Gasteiger charge is 2.06. The summed E-state index contributed by atoms with van der Waals surface area (Å²) in [6, 6.07) is 12.8. The van der Waals surface area contributed by atoms with E-state index in [1.807, 2.05) is 34.9 Å². The molecule has 2 aromatic carbocycles. The summed E-state index contributed by atoms with van der Waals surface area (Å²) in [5.41, 5.74) is 3.30. The third kappa shape index (κ3) is 3.56. The molecule has 23 heavy (non-hydrogen) atoms. The number of nitrogens with one attached hydrogen (secondary N) is 1. The van der Waals surface area contributed by atoms with E-state index in [0.29, 0.717) is 25.1 Å². The molecule has 0 aliphatic heterocycles.